The van der Waals surface area contributed by atoms with E-state index in [9.17, 15) is 0 Å². The topological polar surface area (TPSA) is 69.2 Å². The van der Waals surface area contributed by atoms with E-state index < -0.39 is 0 Å². The molecule has 1 aliphatic rings. The van der Waals surface area contributed by atoms with Gasteiger partial charge in [0.1, 0.15) is 0 Å². The van der Waals surface area contributed by atoms with Crippen LogP contribution in [-0.2, 0) is 4.74 Å². The van der Waals surface area contributed by atoms with Crippen molar-refractivity contribution in [3.05, 3.63) is 5.28 Å². The maximum absolute atomic E-state index is 5.85. The lowest BCUT2D eigenvalue weighted by molar-refractivity contribution is 0.0621. The number of nitrogens with zero attached hydrogens (tertiary/aromatic N) is 3. The summed E-state index contributed by atoms with van der Waals surface area (Å²) in [4.78, 5) is 12.2. The van der Waals surface area contributed by atoms with Gasteiger partial charge in [-0.15, -0.1) is 0 Å². The molecule has 19 heavy (non-hydrogen) atoms. The number of anilines is 1. The van der Waals surface area contributed by atoms with Gasteiger partial charge in [-0.1, -0.05) is 0 Å². The summed E-state index contributed by atoms with van der Waals surface area (Å²) in [5.74, 6) is 1.02. The van der Waals surface area contributed by atoms with E-state index in [4.69, 9.17) is 21.1 Å². The molecule has 0 amide bonds. The predicted octanol–water partition coefficient (Wildman–Crippen LogP) is 2.15. The first kappa shape index (κ1) is 14.3. The van der Waals surface area contributed by atoms with Crippen molar-refractivity contribution >= 4 is 17.5 Å². The Balaban J connectivity index is 2.00. The fourth-order valence-electron chi connectivity index (χ4n) is 2.13. The monoisotopic (exact) mass is 286 g/mol. The Kier molecular flexibility index (Phi) is 5.15. The van der Waals surface area contributed by atoms with E-state index in [1.807, 2.05) is 6.92 Å². The second kappa shape index (κ2) is 6.86. The highest BCUT2D eigenvalue weighted by atomic mass is 35.5. The van der Waals surface area contributed by atoms with Crippen LogP contribution in [0.5, 0.6) is 6.01 Å². The molecule has 106 valence electrons. The van der Waals surface area contributed by atoms with Gasteiger partial charge in [-0.3, -0.25) is 0 Å². The van der Waals surface area contributed by atoms with Gasteiger partial charge in [-0.2, -0.15) is 15.0 Å². The fourth-order valence-corrected chi connectivity index (χ4v) is 2.28. The van der Waals surface area contributed by atoms with Gasteiger partial charge < -0.3 is 14.8 Å². The molecule has 1 aromatic rings. The van der Waals surface area contributed by atoms with Crippen LogP contribution in [0.3, 0.4) is 0 Å². The van der Waals surface area contributed by atoms with Crippen LogP contribution in [0.1, 0.15) is 26.7 Å². The van der Waals surface area contributed by atoms with E-state index in [2.05, 4.69) is 27.2 Å². The van der Waals surface area contributed by atoms with E-state index in [0.29, 0.717) is 18.5 Å². The van der Waals surface area contributed by atoms with Gasteiger partial charge in [-0.05, 0) is 44.2 Å². The molecule has 7 heteroatoms. The number of hydrogen-bond acceptors (Lipinski definition) is 6. The molecule has 0 radical (unpaired) electrons. The lowest BCUT2D eigenvalue weighted by Crippen LogP contribution is -2.31. The van der Waals surface area contributed by atoms with Gasteiger partial charge in [-0.25, -0.2) is 0 Å². The Morgan fingerprint density at radius 1 is 1.37 bits per heavy atom. The van der Waals surface area contributed by atoms with Crippen molar-refractivity contribution in [2.45, 2.75) is 32.7 Å². The van der Waals surface area contributed by atoms with E-state index in [-0.39, 0.29) is 17.3 Å². The molecule has 1 aromatic heterocycles. The molecule has 0 bridgehead atoms. The Hall–Kier alpha value is -1.14. The normalized spacial score (nSPS) is 18.1. The number of ether oxygens (including phenoxy) is 2. The number of nitrogens with one attached hydrogen (secondary N) is 1. The highest BCUT2D eigenvalue weighted by Crippen LogP contribution is 2.21. The maximum Gasteiger partial charge on any atom is 0.322 e. The predicted molar refractivity (Wildman–Crippen MR) is 72.6 cm³/mol. The van der Waals surface area contributed by atoms with Crippen molar-refractivity contribution in [2.24, 2.45) is 5.92 Å². The van der Waals surface area contributed by atoms with Crippen molar-refractivity contribution in [3.8, 4) is 6.01 Å². The van der Waals surface area contributed by atoms with Crippen LogP contribution in [0, 0.1) is 5.92 Å². The van der Waals surface area contributed by atoms with Gasteiger partial charge in [0.25, 0.3) is 0 Å². The molecule has 1 aliphatic heterocycles. The molecule has 0 saturated carbocycles. The van der Waals surface area contributed by atoms with Crippen LogP contribution < -0.4 is 10.1 Å². The average molecular weight is 287 g/mol. The third kappa shape index (κ3) is 4.18. The standard InChI is InChI=1S/C12H19ClN4O2/c1-3-19-12-16-10(13)15-11(17-12)14-8(2)9-4-6-18-7-5-9/h8-9H,3-7H2,1-2H3,(H,14,15,16,17). The highest BCUT2D eigenvalue weighted by molar-refractivity contribution is 6.28. The average Bonchev–Trinajstić information content (AvgIpc) is 2.39. The summed E-state index contributed by atoms with van der Waals surface area (Å²) in [7, 11) is 0. The van der Waals surface area contributed by atoms with Crippen LogP contribution in [0.2, 0.25) is 5.28 Å². The summed E-state index contributed by atoms with van der Waals surface area (Å²) < 4.78 is 10.6. The van der Waals surface area contributed by atoms with Gasteiger partial charge in [0, 0.05) is 19.3 Å². The summed E-state index contributed by atoms with van der Waals surface area (Å²) in [6, 6.07) is 0.515. The molecule has 1 unspecified atom stereocenters. The van der Waals surface area contributed by atoms with Crippen molar-refractivity contribution in [1.29, 1.82) is 0 Å². The Morgan fingerprint density at radius 2 is 2.11 bits per heavy atom. The van der Waals surface area contributed by atoms with Gasteiger partial charge in [0.05, 0.1) is 6.61 Å². The summed E-state index contributed by atoms with van der Waals surface area (Å²) in [6.07, 6.45) is 2.09. The largest absolute Gasteiger partial charge is 0.464 e. The van der Waals surface area contributed by atoms with Crippen molar-refractivity contribution in [2.75, 3.05) is 25.1 Å². The minimum absolute atomic E-state index is 0.139. The van der Waals surface area contributed by atoms with Crippen molar-refractivity contribution in [1.82, 2.24) is 15.0 Å². The van der Waals surface area contributed by atoms with Gasteiger partial charge >= 0.3 is 6.01 Å². The summed E-state index contributed by atoms with van der Waals surface area (Å²) >= 11 is 5.85. The Bertz CT molecular complexity index is 413. The van der Waals surface area contributed by atoms with Gasteiger partial charge in [0.2, 0.25) is 11.2 Å². The lowest BCUT2D eigenvalue weighted by atomic mass is 9.93. The zero-order valence-electron chi connectivity index (χ0n) is 11.2. The number of aromatic nitrogens is 3. The van der Waals surface area contributed by atoms with E-state index in [1.54, 1.807) is 0 Å². The number of halogens is 1. The second-order valence-electron chi connectivity index (χ2n) is 4.53. The zero-order chi connectivity index (χ0) is 13.7. The molecular formula is C12H19ClN4O2. The summed E-state index contributed by atoms with van der Waals surface area (Å²) in [5, 5.41) is 3.41. The third-order valence-corrected chi connectivity index (χ3v) is 3.36. The molecule has 1 N–H and O–H groups in total. The van der Waals surface area contributed by atoms with Crippen LogP contribution in [0.25, 0.3) is 0 Å². The van der Waals surface area contributed by atoms with Crippen molar-refractivity contribution < 1.29 is 9.47 Å². The van der Waals surface area contributed by atoms with Crippen molar-refractivity contribution in [3.63, 3.8) is 0 Å². The zero-order valence-corrected chi connectivity index (χ0v) is 12.0. The molecule has 6 nitrogen and oxygen atoms in total. The van der Waals surface area contributed by atoms with Crippen LogP contribution in [-0.4, -0.2) is 40.8 Å². The molecule has 1 atom stereocenters. The molecule has 1 saturated heterocycles. The van der Waals surface area contributed by atoms with Crippen LogP contribution >= 0.6 is 11.6 Å². The van der Waals surface area contributed by atoms with Crippen LogP contribution in [0.4, 0.5) is 5.95 Å². The van der Waals surface area contributed by atoms with Gasteiger partial charge in [0.15, 0.2) is 0 Å². The van der Waals surface area contributed by atoms with E-state index in [0.717, 1.165) is 26.1 Å². The quantitative estimate of drug-likeness (QED) is 0.894. The summed E-state index contributed by atoms with van der Waals surface area (Å²) in [6.45, 7) is 6.12. The lowest BCUT2D eigenvalue weighted by Gasteiger charge is -2.28. The molecule has 2 rings (SSSR count). The summed E-state index contributed by atoms with van der Waals surface area (Å²) in [5.41, 5.74) is 0. The third-order valence-electron chi connectivity index (χ3n) is 3.19. The smallest absolute Gasteiger partial charge is 0.322 e. The molecule has 2 heterocycles. The minimum Gasteiger partial charge on any atom is -0.464 e. The minimum atomic E-state index is 0.139. The molecule has 1 fully saturated rings. The van der Waals surface area contributed by atoms with Crippen LogP contribution in [0.15, 0.2) is 0 Å². The molecule has 0 aliphatic carbocycles. The first-order valence-corrected chi connectivity index (χ1v) is 6.95. The first-order valence-electron chi connectivity index (χ1n) is 6.57. The Morgan fingerprint density at radius 3 is 2.79 bits per heavy atom. The first-order chi connectivity index (χ1) is 9.19. The number of hydrogen-bond donors (Lipinski definition) is 1. The second-order valence-corrected chi connectivity index (χ2v) is 4.86. The SMILES string of the molecule is CCOc1nc(Cl)nc(NC(C)C2CCOCC2)n1. The molecule has 0 spiro atoms. The van der Waals surface area contributed by atoms with E-state index in [1.165, 1.54) is 0 Å². The molecule has 0 aromatic carbocycles. The highest BCUT2D eigenvalue weighted by Gasteiger charge is 2.21. The fraction of sp³-hybridized carbons (Fsp3) is 0.750. The molecular weight excluding hydrogens is 268 g/mol. The maximum atomic E-state index is 5.85. The number of rotatable bonds is 5. The van der Waals surface area contributed by atoms with E-state index >= 15 is 0 Å². The Labute approximate surface area is 117 Å².